The summed E-state index contributed by atoms with van der Waals surface area (Å²) in [5.74, 6) is -1.97. The fraction of sp³-hybridized carbons (Fsp3) is 0.444. The first-order chi connectivity index (χ1) is 16.3. The van der Waals surface area contributed by atoms with Crippen LogP contribution in [0.3, 0.4) is 0 Å². The number of hydrogen-bond donors (Lipinski definition) is 2. The Bertz CT molecular complexity index is 1070. The third-order valence-electron chi connectivity index (χ3n) is 7.70. The Morgan fingerprint density at radius 1 is 1.03 bits per heavy atom. The number of carbonyl (C=O) groups is 3. The molecule has 0 spiro atoms. The van der Waals surface area contributed by atoms with E-state index < -0.39 is 18.0 Å². The molecule has 2 aliphatic rings. The van der Waals surface area contributed by atoms with Crippen LogP contribution in [0.2, 0.25) is 0 Å². The van der Waals surface area contributed by atoms with Gasteiger partial charge in [0.15, 0.2) is 0 Å². The average molecular weight is 466 g/mol. The second-order valence-electron chi connectivity index (χ2n) is 9.58. The first kappa shape index (κ1) is 24.0. The highest BCUT2D eigenvalue weighted by atomic mass is 16.4. The van der Waals surface area contributed by atoms with Crippen LogP contribution < -0.4 is 4.48 Å². The van der Waals surface area contributed by atoms with Gasteiger partial charge in [-0.2, -0.15) is 9.28 Å². The lowest BCUT2D eigenvalue weighted by atomic mass is 9.79. The van der Waals surface area contributed by atoms with Crippen molar-refractivity contribution in [3.05, 3.63) is 65.7 Å². The summed E-state index contributed by atoms with van der Waals surface area (Å²) in [6, 6.07) is 16.9. The topological polar surface area (TPSA) is 94.9 Å². The smallest absolute Gasteiger partial charge is 0.481 e. The third-order valence-corrected chi connectivity index (χ3v) is 7.70. The number of carboxylic acid groups (broad SMARTS) is 2. The number of amides is 2. The number of aliphatic carboxylic acids is 1. The Morgan fingerprint density at radius 2 is 1.71 bits per heavy atom. The van der Waals surface area contributed by atoms with Crippen molar-refractivity contribution in [2.75, 3.05) is 6.54 Å². The molecule has 4 rings (SSSR count). The van der Waals surface area contributed by atoms with Gasteiger partial charge >= 0.3 is 12.1 Å². The highest BCUT2D eigenvalue weighted by molar-refractivity contribution is 5.86. The van der Waals surface area contributed by atoms with Crippen LogP contribution in [0.15, 0.2) is 54.6 Å². The minimum atomic E-state index is -0.989. The number of fused-ring (bicyclic) bond motifs is 2. The second kappa shape index (κ2) is 9.58. The van der Waals surface area contributed by atoms with Gasteiger partial charge in [0.05, 0.1) is 12.0 Å². The Kier molecular flexibility index (Phi) is 6.75. The zero-order valence-corrected chi connectivity index (χ0v) is 19.8. The van der Waals surface area contributed by atoms with Crippen molar-refractivity contribution < 1.29 is 24.6 Å². The number of carbonyl (C=O) groups excluding carboxylic acids is 1. The zero-order valence-electron chi connectivity index (χ0n) is 19.8. The van der Waals surface area contributed by atoms with Gasteiger partial charge in [-0.1, -0.05) is 55.5 Å². The summed E-state index contributed by atoms with van der Waals surface area (Å²) in [6.07, 6.45) is 1.57. The van der Waals surface area contributed by atoms with Crippen LogP contribution in [0.4, 0.5) is 10.5 Å². The van der Waals surface area contributed by atoms with Crippen LogP contribution in [0.5, 0.6) is 0 Å². The summed E-state index contributed by atoms with van der Waals surface area (Å²) >= 11 is 0. The molecule has 2 amide bonds. The molecule has 7 nitrogen and oxygen atoms in total. The van der Waals surface area contributed by atoms with E-state index in [4.69, 9.17) is 0 Å². The normalized spacial score (nSPS) is 26.2. The Hall–Kier alpha value is -3.19. The van der Waals surface area contributed by atoms with Crippen molar-refractivity contribution in [1.29, 1.82) is 0 Å². The predicted molar refractivity (Wildman–Crippen MR) is 129 cm³/mol. The minimum absolute atomic E-state index is 0.0150. The number of carboxylic acids is 1. The van der Waals surface area contributed by atoms with Gasteiger partial charge in [0.2, 0.25) is 5.91 Å². The average Bonchev–Trinajstić information content (AvgIpc) is 3.31. The highest BCUT2D eigenvalue weighted by Crippen LogP contribution is 2.54. The number of rotatable bonds is 7. The molecule has 2 aromatic rings. The molecule has 1 aliphatic carbocycles. The third kappa shape index (κ3) is 3.98. The maximum Gasteiger partial charge on any atom is 0.519 e. The van der Waals surface area contributed by atoms with Crippen molar-refractivity contribution in [3.63, 3.8) is 0 Å². The van der Waals surface area contributed by atoms with Gasteiger partial charge in [-0.15, -0.1) is 0 Å². The summed E-state index contributed by atoms with van der Waals surface area (Å²) in [5, 5.41) is 20.1. The minimum Gasteiger partial charge on any atom is -0.481 e. The zero-order chi connectivity index (χ0) is 24.5. The van der Waals surface area contributed by atoms with Gasteiger partial charge in [-0.3, -0.25) is 9.59 Å². The lowest BCUT2D eigenvalue weighted by Gasteiger charge is -2.50. The summed E-state index contributed by atoms with van der Waals surface area (Å²) < 4.78 is -0.168. The molecule has 1 heterocycles. The Balaban J connectivity index is 1.84. The quantitative estimate of drug-likeness (QED) is 0.558. The largest absolute Gasteiger partial charge is 0.519 e. The van der Waals surface area contributed by atoms with Crippen molar-refractivity contribution in [1.82, 2.24) is 9.38 Å². The number of quaternary nitrogens is 1. The van der Waals surface area contributed by atoms with Gasteiger partial charge in [-0.25, -0.2) is 0 Å². The lowest BCUT2D eigenvalue weighted by molar-refractivity contribution is -0.146. The lowest BCUT2D eigenvalue weighted by Crippen LogP contribution is -2.65. The van der Waals surface area contributed by atoms with E-state index in [0.29, 0.717) is 13.1 Å². The van der Waals surface area contributed by atoms with Gasteiger partial charge in [0.1, 0.15) is 18.3 Å². The van der Waals surface area contributed by atoms with Crippen LogP contribution in [0.25, 0.3) is 0 Å². The van der Waals surface area contributed by atoms with E-state index >= 15 is 0 Å². The van der Waals surface area contributed by atoms with Crippen LogP contribution in [-0.2, 0) is 16.1 Å². The molecule has 0 aromatic heterocycles. The van der Waals surface area contributed by atoms with E-state index in [9.17, 15) is 24.6 Å². The first-order valence-electron chi connectivity index (χ1n) is 12.1. The highest BCUT2D eigenvalue weighted by Gasteiger charge is 2.60. The van der Waals surface area contributed by atoms with Crippen LogP contribution in [0.1, 0.15) is 56.7 Å². The molecule has 180 valence electrons. The fourth-order valence-electron chi connectivity index (χ4n) is 6.18. The molecule has 5 atom stereocenters. The molecule has 0 bridgehead atoms. The van der Waals surface area contributed by atoms with Crippen LogP contribution >= 0.6 is 0 Å². The predicted octanol–water partition coefficient (Wildman–Crippen LogP) is 5.05. The van der Waals surface area contributed by atoms with Gasteiger partial charge in [0, 0.05) is 42.5 Å². The number of para-hydroxylation sites is 1. The molecular weight excluding hydrogens is 432 g/mol. The van der Waals surface area contributed by atoms with E-state index in [1.54, 1.807) is 11.8 Å². The van der Waals surface area contributed by atoms with Gasteiger partial charge < -0.3 is 15.1 Å². The molecule has 1 aliphatic heterocycles. The SMILES string of the molecule is CCN(C(=O)C[C@@H](C)C(=O)O)[C@H]1c2ccccc2[N@@+](Cc2ccccc2)(C(=O)O)[C@@H]2CCC[C@@H]21. The molecule has 0 saturated heterocycles. The summed E-state index contributed by atoms with van der Waals surface area (Å²) in [4.78, 5) is 39.6. The van der Waals surface area contributed by atoms with Gasteiger partial charge in [-0.05, 0) is 19.8 Å². The first-order valence-corrected chi connectivity index (χ1v) is 12.1. The molecule has 2 N–H and O–H groups in total. The van der Waals surface area contributed by atoms with E-state index in [1.165, 1.54) is 0 Å². The van der Waals surface area contributed by atoms with E-state index in [0.717, 1.165) is 36.1 Å². The molecule has 34 heavy (non-hydrogen) atoms. The van der Waals surface area contributed by atoms with Gasteiger partial charge in [0.25, 0.3) is 0 Å². The molecule has 0 radical (unpaired) electrons. The maximum atomic E-state index is 13.3. The molecule has 7 heteroatoms. The Morgan fingerprint density at radius 3 is 2.35 bits per heavy atom. The summed E-state index contributed by atoms with van der Waals surface area (Å²) in [5.41, 5.74) is 2.55. The molecule has 1 saturated carbocycles. The molecular formula is C27H33N2O5+. The van der Waals surface area contributed by atoms with E-state index in [2.05, 4.69) is 0 Å². The number of benzene rings is 2. The summed E-state index contributed by atoms with van der Waals surface area (Å²) in [7, 11) is 0. The Labute approximate surface area is 200 Å². The second-order valence-corrected chi connectivity index (χ2v) is 9.58. The number of hydrogen-bond acceptors (Lipinski definition) is 3. The standard InChI is InChI=1S/C27H32N2O5/c1-3-28(24(30)16-18(2)26(31)32)25-20-12-7-8-14-22(20)29(27(33)34,23-15-9-13-21(23)25)17-19-10-5-4-6-11-19/h4-8,10-12,14,18,21,23,25H,3,9,13,15-17H2,1-2H3,(H-,31,32,33,34)/p+1/t18-,21+,23-,25+,29-/m1/s1. The van der Waals surface area contributed by atoms with E-state index in [-0.39, 0.29) is 34.8 Å². The van der Waals surface area contributed by atoms with Crippen molar-refractivity contribution in [2.24, 2.45) is 11.8 Å². The van der Waals surface area contributed by atoms with Crippen molar-refractivity contribution in [2.45, 2.75) is 58.2 Å². The summed E-state index contributed by atoms with van der Waals surface area (Å²) in [6.45, 7) is 4.25. The monoisotopic (exact) mass is 465 g/mol. The number of nitrogens with zero attached hydrogens (tertiary/aromatic N) is 2. The van der Waals surface area contributed by atoms with Crippen LogP contribution in [0, 0.1) is 11.8 Å². The van der Waals surface area contributed by atoms with Crippen molar-refractivity contribution in [3.8, 4) is 0 Å². The fourth-order valence-corrected chi connectivity index (χ4v) is 6.18. The van der Waals surface area contributed by atoms with Crippen molar-refractivity contribution >= 4 is 23.7 Å². The maximum absolute atomic E-state index is 13.3. The van der Waals surface area contributed by atoms with E-state index in [1.807, 2.05) is 61.5 Å². The molecule has 0 unspecified atom stereocenters. The van der Waals surface area contributed by atoms with Crippen LogP contribution in [-0.4, -0.2) is 45.7 Å². The molecule has 2 aromatic carbocycles. The molecule has 1 fully saturated rings.